The molecule has 0 radical (unpaired) electrons. The molecule has 2 rings (SSSR count). The number of H-pyrrole nitrogens is 1. The fourth-order valence-corrected chi connectivity index (χ4v) is 1.71. The molecule has 0 aromatic carbocycles. The maximum Gasteiger partial charge on any atom is 0.321 e. The Hall–Kier alpha value is -1.41. The molecular formula is C7H7ClN6OS. The third kappa shape index (κ3) is 2.80. The largest absolute Gasteiger partial charge is 0.464 e. The van der Waals surface area contributed by atoms with Crippen LogP contribution in [0, 0.1) is 0 Å². The molecule has 0 fully saturated rings. The minimum atomic E-state index is 0.0838. The predicted molar refractivity (Wildman–Crippen MR) is 56.5 cm³/mol. The van der Waals surface area contributed by atoms with Gasteiger partial charge in [-0.15, -0.1) is 0 Å². The van der Waals surface area contributed by atoms with Crippen LogP contribution >= 0.6 is 23.4 Å². The fraction of sp³-hybridized carbons (Fsp3) is 0.286. The molecule has 7 nitrogen and oxygen atoms in total. The number of hydrogen-bond acceptors (Lipinski definition) is 7. The maximum atomic E-state index is 5.72. The number of nitrogens with one attached hydrogen (secondary N) is 1. The number of hydrogen-bond donors (Lipinski definition) is 1. The van der Waals surface area contributed by atoms with Gasteiger partial charge in [-0.2, -0.15) is 20.1 Å². The monoisotopic (exact) mass is 258 g/mol. The molecule has 1 N–H and O–H groups in total. The van der Waals surface area contributed by atoms with Gasteiger partial charge in [0.15, 0.2) is 5.16 Å². The van der Waals surface area contributed by atoms with Gasteiger partial charge in [-0.05, 0) is 30.3 Å². The van der Waals surface area contributed by atoms with Gasteiger partial charge in [-0.1, -0.05) is 0 Å². The summed E-state index contributed by atoms with van der Waals surface area (Å²) in [5.74, 6) is 0. The summed E-state index contributed by atoms with van der Waals surface area (Å²) in [6.07, 6.45) is 1.40. The zero-order valence-corrected chi connectivity index (χ0v) is 9.79. The van der Waals surface area contributed by atoms with Crippen molar-refractivity contribution in [3.63, 3.8) is 0 Å². The van der Waals surface area contributed by atoms with Gasteiger partial charge >= 0.3 is 6.01 Å². The van der Waals surface area contributed by atoms with E-state index in [1.165, 1.54) is 18.1 Å². The summed E-state index contributed by atoms with van der Waals surface area (Å²) >= 11 is 6.92. The van der Waals surface area contributed by atoms with Crippen LogP contribution in [0.25, 0.3) is 0 Å². The SMILES string of the molecule is CCOc1nc(Cl)nc(Sc2ncn[nH]2)n1. The summed E-state index contributed by atoms with van der Waals surface area (Å²) in [5.41, 5.74) is 0. The lowest BCUT2D eigenvalue weighted by Gasteiger charge is -2.02. The van der Waals surface area contributed by atoms with Crippen LogP contribution in [-0.4, -0.2) is 36.7 Å². The van der Waals surface area contributed by atoms with Crippen molar-refractivity contribution in [2.45, 2.75) is 17.2 Å². The highest BCUT2D eigenvalue weighted by Gasteiger charge is 2.08. The quantitative estimate of drug-likeness (QED) is 0.881. The summed E-state index contributed by atoms with van der Waals surface area (Å²) in [4.78, 5) is 15.7. The lowest BCUT2D eigenvalue weighted by Crippen LogP contribution is -2.00. The summed E-state index contributed by atoms with van der Waals surface area (Å²) in [6, 6.07) is 0.199. The Morgan fingerprint density at radius 3 is 3.00 bits per heavy atom. The van der Waals surface area contributed by atoms with E-state index in [9.17, 15) is 0 Å². The Bertz CT molecular complexity index is 464. The number of rotatable bonds is 4. The van der Waals surface area contributed by atoms with E-state index in [2.05, 4.69) is 30.1 Å². The number of aromatic amines is 1. The molecule has 16 heavy (non-hydrogen) atoms. The second kappa shape index (κ2) is 5.08. The van der Waals surface area contributed by atoms with E-state index < -0.39 is 0 Å². The van der Waals surface area contributed by atoms with Crippen molar-refractivity contribution in [3.05, 3.63) is 11.6 Å². The first-order valence-electron chi connectivity index (χ1n) is 4.35. The lowest BCUT2D eigenvalue weighted by atomic mass is 10.9. The Morgan fingerprint density at radius 1 is 1.44 bits per heavy atom. The number of nitrogens with zero attached hydrogens (tertiary/aromatic N) is 5. The second-order valence-electron chi connectivity index (χ2n) is 2.50. The van der Waals surface area contributed by atoms with Gasteiger partial charge in [0.25, 0.3) is 0 Å². The fourth-order valence-electron chi connectivity index (χ4n) is 0.884. The van der Waals surface area contributed by atoms with Crippen LogP contribution in [0.2, 0.25) is 5.28 Å². The van der Waals surface area contributed by atoms with Crippen molar-refractivity contribution in [2.24, 2.45) is 0 Å². The molecule has 0 aliphatic heterocycles. The summed E-state index contributed by atoms with van der Waals surface area (Å²) in [6.45, 7) is 2.30. The standard InChI is InChI=1S/C7H7ClN6OS/c1-2-15-5-11-4(8)12-7(13-5)16-6-9-3-10-14-6/h3H,2H2,1H3,(H,9,10,14). The minimum Gasteiger partial charge on any atom is -0.464 e. The summed E-state index contributed by atoms with van der Waals surface area (Å²) in [7, 11) is 0. The Balaban J connectivity index is 2.20. The Labute approximate surface area is 100 Å². The normalized spacial score (nSPS) is 10.4. The van der Waals surface area contributed by atoms with Crippen molar-refractivity contribution in [2.75, 3.05) is 6.61 Å². The van der Waals surface area contributed by atoms with Gasteiger partial charge < -0.3 is 4.74 Å². The maximum absolute atomic E-state index is 5.72. The zero-order valence-electron chi connectivity index (χ0n) is 8.21. The van der Waals surface area contributed by atoms with Crippen molar-refractivity contribution in [1.82, 2.24) is 30.1 Å². The molecule has 0 aliphatic rings. The smallest absolute Gasteiger partial charge is 0.321 e. The molecule has 0 aliphatic carbocycles. The molecule has 0 spiro atoms. The highest BCUT2D eigenvalue weighted by molar-refractivity contribution is 7.99. The van der Waals surface area contributed by atoms with Gasteiger partial charge in [-0.3, -0.25) is 5.10 Å². The Kier molecular flexibility index (Phi) is 3.52. The summed E-state index contributed by atoms with van der Waals surface area (Å²) < 4.78 is 5.14. The topological polar surface area (TPSA) is 89.5 Å². The molecule has 0 atom stereocenters. The van der Waals surface area contributed by atoms with E-state index in [4.69, 9.17) is 16.3 Å². The highest BCUT2D eigenvalue weighted by atomic mass is 35.5. The third-order valence-electron chi connectivity index (χ3n) is 1.42. The molecule has 2 aromatic heterocycles. The van der Waals surface area contributed by atoms with Crippen LogP contribution in [0.4, 0.5) is 0 Å². The summed E-state index contributed by atoms with van der Waals surface area (Å²) in [5, 5.41) is 7.44. The van der Waals surface area contributed by atoms with Gasteiger partial charge in [0.05, 0.1) is 6.61 Å². The van der Waals surface area contributed by atoms with Crippen LogP contribution in [-0.2, 0) is 0 Å². The van der Waals surface area contributed by atoms with E-state index >= 15 is 0 Å². The van der Waals surface area contributed by atoms with Crippen LogP contribution < -0.4 is 4.74 Å². The molecule has 0 amide bonds. The Morgan fingerprint density at radius 2 is 2.31 bits per heavy atom. The average Bonchev–Trinajstić information content (AvgIpc) is 2.70. The van der Waals surface area contributed by atoms with Gasteiger partial charge in [0.1, 0.15) is 6.33 Å². The predicted octanol–water partition coefficient (Wildman–Crippen LogP) is 1.19. The first-order valence-corrected chi connectivity index (χ1v) is 5.55. The lowest BCUT2D eigenvalue weighted by molar-refractivity contribution is 0.307. The van der Waals surface area contributed by atoms with Crippen molar-refractivity contribution < 1.29 is 4.74 Å². The molecule has 84 valence electrons. The number of aromatic nitrogens is 6. The average molecular weight is 259 g/mol. The molecule has 0 unspecified atom stereocenters. The zero-order chi connectivity index (χ0) is 11.4. The highest BCUT2D eigenvalue weighted by Crippen LogP contribution is 2.22. The van der Waals surface area contributed by atoms with E-state index in [0.29, 0.717) is 16.9 Å². The number of halogens is 1. The van der Waals surface area contributed by atoms with Crippen molar-refractivity contribution in [1.29, 1.82) is 0 Å². The second-order valence-corrected chi connectivity index (χ2v) is 3.79. The van der Waals surface area contributed by atoms with Gasteiger partial charge in [-0.25, -0.2) is 4.98 Å². The molecular weight excluding hydrogens is 252 g/mol. The van der Waals surface area contributed by atoms with Crippen molar-refractivity contribution in [3.8, 4) is 6.01 Å². The molecule has 0 bridgehead atoms. The van der Waals surface area contributed by atoms with Crippen LogP contribution in [0.5, 0.6) is 6.01 Å². The molecule has 9 heteroatoms. The van der Waals surface area contributed by atoms with Crippen LogP contribution in [0.3, 0.4) is 0 Å². The first-order chi connectivity index (χ1) is 7.78. The minimum absolute atomic E-state index is 0.0838. The van der Waals surface area contributed by atoms with E-state index in [1.54, 1.807) is 0 Å². The van der Waals surface area contributed by atoms with E-state index in [-0.39, 0.29) is 11.3 Å². The van der Waals surface area contributed by atoms with Gasteiger partial charge in [0, 0.05) is 0 Å². The molecule has 0 saturated carbocycles. The molecule has 2 heterocycles. The van der Waals surface area contributed by atoms with E-state index in [0.717, 1.165) is 0 Å². The van der Waals surface area contributed by atoms with Crippen LogP contribution in [0.1, 0.15) is 6.92 Å². The first kappa shape index (κ1) is 11.1. The molecule has 2 aromatic rings. The number of ether oxygens (including phenoxy) is 1. The molecule has 0 saturated heterocycles. The van der Waals surface area contributed by atoms with Gasteiger partial charge in [0.2, 0.25) is 10.4 Å². The van der Waals surface area contributed by atoms with Crippen LogP contribution in [0.15, 0.2) is 16.6 Å². The van der Waals surface area contributed by atoms with E-state index in [1.807, 2.05) is 6.92 Å². The third-order valence-corrected chi connectivity index (χ3v) is 2.35. The van der Waals surface area contributed by atoms with Crippen molar-refractivity contribution >= 4 is 23.4 Å².